The average Bonchev–Trinajstić information content (AvgIpc) is 2.55. The van der Waals surface area contributed by atoms with E-state index in [0.29, 0.717) is 5.56 Å². The molecule has 23 heavy (non-hydrogen) atoms. The summed E-state index contributed by atoms with van der Waals surface area (Å²) >= 11 is 4.91. The summed E-state index contributed by atoms with van der Waals surface area (Å²) in [6.07, 6.45) is 3.01. The van der Waals surface area contributed by atoms with Crippen LogP contribution in [0, 0.1) is 13.8 Å². The lowest BCUT2D eigenvalue weighted by Crippen LogP contribution is -2.42. The number of halogens is 1. The lowest BCUT2D eigenvalue weighted by Gasteiger charge is -2.10. The average molecular weight is 394 g/mol. The standard InChI is InChI=1S/C16H16BrN3O2S/c1-10-7-14(11(2)6-13(10)17)23-9-15(21)19-20-16(22)12-4-3-5-18-8-12/h3-8H,9H2,1-2H3,(H,19,21)(H,20,22). The van der Waals surface area contributed by atoms with Crippen LogP contribution in [0.3, 0.4) is 0 Å². The van der Waals surface area contributed by atoms with Crippen LogP contribution in [0.1, 0.15) is 21.5 Å². The van der Waals surface area contributed by atoms with Gasteiger partial charge in [-0.2, -0.15) is 0 Å². The Balaban J connectivity index is 1.84. The van der Waals surface area contributed by atoms with Crippen molar-refractivity contribution in [2.75, 3.05) is 5.75 Å². The molecule has 0 aliphatic heterocycles. The van der Waals surface area contributed by atoms with Crippen molar-refractivity contribution in [2.24, 2.45) is 0 Å². The first kappa shape index (κ1) is 17.5. The number of amides is 2. The van der Waals surface area contributed by atoms with Gasteiger partial charge in [0.25, 0.3) is 5.91 Å². The molecule has 120 valence electrons. The minimum atomic E-state index is -0.396. The minimum absolute atomic E-state index is 0.217. The molecule has 1 aromatic carbocycles. The van der Waals surface area contributed by atoms with Crippen LogP contribution in [-0.2, 0) is 4.79 Å². The Labute approximate surface area is 147 Å². The van der Waals surface area contributed by atoms with Crippen molar-refractivity contribution in [1.29, 1.82) is 0 Å². The lowest BCUT2D eigenvalue weighted by molar-refractivity contribution is -0.119. The number of carbonyl (C=O) groups is 2. The topological polar surface area (TPSA) is 71.1 Å². The Hall–Kier alpha value is -1.86. The molecule has 0 bridgehead atoms. The maximum absolute atomic E-state index is 11.8. The van der Waals surface area contributed by atoms with Gasteiger partial charge in [0.2, 0.25) is 5.91 Å². The first-order valence-electron chi connectivity index (χ1n) is 6.86. The van der Waals surface area contributed by atoms with Crippen molar-refractivity contribution < 1.29 is 9.59 Å². The number of pyridine rings is 1. The molecule has 7 heteroatoms. The van der Waals surface area contributed by atoms with E-state index in [1.807, 2.05) is 26.0 Å². The predicted octanol–water partition coefficient (Wildman–Crippen LogP) is 3.01. The van der Waals surface area contributed by atoms with Crippen LogP contribution in [-0.4, -0.2) is 22.6 Å². The number of hydrogen-bond acceptors (Lipinski definition) is 4. The van der Waals surface area contributed by atoms with Gasteiger partial charge in [-0.15, -0.1) is 11.8 Å². The van der Waals surface area contributed by atoms with Gasteiger partial charge in [0.1, 0.15) is 0 Å². The largest absolute Gasteiger partial charge is 0.272 e. The maximum Gasteiger partial charge on any atom is 0.271 e. The summed E-state index contributed by atoms with van der Waals surface area (Å²) in [5, 5.41) is 0. The van der Waals surface area contributed by atoms with E-state index >= 15 is 0 Å². The molecule has 2 aromatic rings. The van der Waals surface area contributed by atoms with Gasteiger partial charge in [-0.1, -0.05) is 15.9 Å². The van der Waals surface area contributed by atoms with E-state index < -0.39 is 5.91 Å². The second kappa shape index (κ2) is 8.12. The van der Waals surface area contributed by atoms with Crippen molar-refractivity contribution in [3.63, 3.8) is 0 Å². The van der Waals surface area contributed by atoms with Crippen LogP contribution in [0.15, 0.2) is 46.0 Å². The zero-order valence-electron chi connectivity index (χ0n) is 12.7. The van der Waals surface area contributed by atoms with Crippen molar-refractivity contribution >= 4 is 39.5 Å². The number of nitrogens with one attached hydrogen (secondary N) is 2. The van der Waals surface area contributed by atoms with Crippen LogP contribution >= 0.6 is 27.7 Å². The fourth-order valence-electron chi connectivity index (χ4n) is 1.79. The molecule has 0 saturated carbocycles. The molecule has 1 heterocycles. The number of benzene rings is 1. The van der Waals surface area contributed by atoms with E-state index in [9.17, 15) is 9.59 Å². The van der Waals surface area contributed by atoms with Crippen LogP contribution in [0.2, 0.25) is 0 Å². The van der Waals surface area contributed by atoms with Gasteiger partial charge in [-0.3, -0.25) is 25.4 Å². The molecule has 0 aliphatic rings. The number of aromatic nitrogens is 1. The summed E-state index contributed by atoms with van der Waals surface area (Å²) in [6.45, 7) is 4.00. The molecule has 5 nitrogen and oxygen atoms in total. The van der Waals surface area contributed by atoms with Crippen molar-refractivity contribution in [1.82, 2.24) is 15.8 Å². The molecule has 2 N–H and O–H groups in total. The number of hydrogen-bond donors (Lipinski definition) is 2. The molecule has 0 fully saturated rings. The zero-order chi connectivity index (χ0) is 16.8. The molecule has 0 atom stereocenters. The summed E-state index contributed by atoms with van der Waals surface area (Å²) in [7, 11) is 0. The Morgan fingerprint density at radius 3 is 2.70 bits per heavy atom. The van der Waals surface area contributed by atoms with Crippen LogP contribution in [0.4, 0.5) is 0 Å². The number of hydrazine groups is 1. The van der Waals surface area contributed by atoms with Gasteiger partial charge in [0.15, 0.2) is 0 Å². The third kappa shape index (κ3) is 5.07. The third-order valence-corrected chi connectivity index (χ3v) is 5.07. The fraction of sp³-hybridized carbons (Fsp3) is 0.188. The summed E-state index contributed by atoms with van der Waals surface area (Å²) < 4.78 is 1.05. The van der Waals surface area contributed by atoms with Crippen LogP contribution in [0.5, 0.6) is 0 Å². The van der Waals surface area contributed by atoms with E-state index in [1.54, 1.807) is 18.3 Å². The highest BCUT2D eigenvalue weighted by Gasteiger charge is 2.09. The number of thioether (sulfide) groups is 1. The monoisotopic (exact) mass is 393 g/mol. The highest BCUT2D eigenvalue weighted by Crippen LogP contribution is 2.28. The number of nitrogens with zero attached hydrogens (tertiary/aromatic N) is 1. The van der Waals surface area contributed by atoms with Crippen molar-refractivity contribution in [3.8, 4) is 0 Å². The summed E-state index contributed by atoms with van der Waals surface area (Å²) in [6, 6.07) is 7.34. The van der Waals surface area contributed by atoms with Gasteiger partial charge >= 0.3 is 0 Å². The highest BCUT2D eigenvalue weighted by atomic mass is 79.9. The van der Waals surface area contributed by atoms with Gasteiger partial charge in [0, 0.05) is 21.8 Å². The second-order valence-corrected chi connectivity index (χ2v) is 6.77. The number of rotatable bonds is 4. The van der Waals surface area contributed by atoms with E-state index in [2.05, 4.69) is 31.8 Å². The number of aryl methyl sites for hydroxylation is 2. The summed E-state index contributed by atoms with van der Waals surface area (Å²) in [5.74, 6) is -0.450. The SMILES string of the molecule is Cc1cc(SCC(=O)NNC(=O)c2cccnc2)c(C)cc1Br. The van der Waals surface area contributed by atoms with Gasteiger partial charge in [0.05, 0.1) is 11.3 Å². The zero-order valence-corrected chi connectivity index (χ0v) is 15.1. The van der Waals surface area contributed by atoms with E-state index in [1.165, 1.54) is 18.0 Å². The maximum atomic E-state index is 11.8. The molecule has 0 unspecified atom stereocenters. The van der Waals surface area contributed by atoms with Crippen LogP contribution in [0.25, 0.3) is 0 Å². The van der Waals surface area contributed by atoms with E-state index in [0.717, 1.165) is 20.5 Å². The van der Waals surface area contributed by atoms with Crippen LogP contribution < -0.4 is 10.9 Å². The molecule has 0 radical (unpaired) electrons. The first-order chi connectivity index (χ1) is 11.0. The fourth-order valence-corrected chi connectivity index (χ4v) is 3.15. The normalized spacial score (nSPS) is 10.2. The Bertz CT molecular complexity index is 723. The molecule has 0 saturated heterocycles. The van der Waals surface area contributed by atoms with Gasteiger partial charge in [-0.25, -0.2) is 0 Å². The molecule has 2 amide bonds. The Morgan fingerprint density at radius 1 is 1.22 bits per heavy atom. The smallest absolute Gasteiger partial charge is 0.271 e. The lowest BCUT2D eigenvalue weighted by atomic mass is 10.2. The predicted molar refractivity (Wildman–Crippen MR) is 94.2 cm³/mol. The van der Waals surface area contributed by atoms with Gasteiger partial charge in [-0.05, 0) is 49.2 Å². The highest BCUT2D eigenvalue weighted by molar-refractivity contribution is 9.10. The van der Waals surface area contributed by atoms with E-state index in [-0.39, 0.29) is 11.7 Å². The van der Waals surface area contributed by atoms with Gasteiger partial charge < -0.3 is 0 Å². The minimum Gasteiger partial charge on any atom is -0.272 e. The van der Waals surface area contributed by atoms with Crippen molar-refractivity contribution in [3.05, 3.63) is 57.8 Å². The Kier molecular flexibility index (Phi) is 6.18. The molecule has 2 rings (SSSR count). The molecule has 0 aliphatic carbocycles. The Morgan fingerprint density at radius 2 is 2.00 bits per heavy atom. The molecular weight excluding hydrogens is 378 g/mol. The quantitative estimate of drug-likeness (QED) is 0.618. The number of carbonyl (C=O) groups excluding carboxylic acids is 2. The summed E-state index contributed by atoms with van der Waals surface area (Å²) in [4.78, 5) is 28.5. The molecule has 1 aromatic heterocycles. The first-order valence-corrected chi connectivity index (χ1v) is 8.64. The van der Waals surface area contributed by atoms with Crippen molar-refractivity contribution in [2.45, 2.75) is 18.7 Å². The third-order valence-electron chi connectivity index (χ3n) is 3.05. The van der Waals surface area contributed by atoms with E-state index in [4.69, 9.17) is 0 Å². The molecular formula is C16H16BrN3O2S. The summed E-state index contributed by atoms with van der Waals surface area (Å²) in [5.41, 5.74) is 7.37. The molecule has 0 spiro atoms. The second-order valence-electron chi connectivity index (χ2n) is 4.90.